The molecular weight excluding hydrogens is 351 g/mol. The second kappa shape index (κ2) is 5.74. The summed E-state index contributed by atoms with van der Waals surface area (Å²) in [4.78, 5) is 0. The highest BCUT2D eigenvalue weighted by atomic mass is 127. The minimum absolute atomic E-state index is 0.0715. The number of alkyl halides is 1. The van der Waals surface area contributed by atoms with Crippen LogP contribution in [0.4, 0.5) is 0 Å². The van der Waals surface area contributed by atoms with Crippen LogP contribution in [0.25, 0.3) is 0 Å². The van der Waals surface area contributed by atoms with Gasteiger partial charge in [-0.25, -0.2) is 8.42 Å². The largest absolute Gasteiger partial charge is 0.373 e. The van der Waals surface area contributed by atoms with Gasteiger partial charge in [-0.3, -0.25) is 0 Å². The van der Waals surface area contributed by atoms with Gasteiger partial charge in [0, 0.05) is 0 Å². The Morgan fingerprint density at radius 2 is 1.88 bits per heavy atom. The van der Waals surface area contributed by atoms with Gasteiger partial charge in [-0.1, -0.05) is 48.8 Å². The van der Waals surface area contributed by atoms with E-state index in [-0.39, 0.29) is 15.8 Å². The smallest absolute Gasteiger partial charge is 0.154 e. The molecule has 0 N–H and O–H groups in total. The Kier molecular flexibility index (Phi) is 4.74. The maximum absolute atomic E-state index is 11.6. The molecule has 0 aromatic carbocycles. The van der Waals surface area contributed by atoms with Crippen LogP contribution in [0.5, 0.6) is 0 Å². The van der Waals surface area contributed by atoms with Crippen molar-refractivity contribution < 1.29 is 13.2 Å². The maximum atomic E-state index is 11.6. The van der Waals surface area contributed by atoms with Crippen LogP contribution in [0.1, 0.15) is 39.0 Å². The van der Waals surface area contributed by atoms with Crippen molar-refractivity contribution in [3.63, 3.8) is 0 Å². The number of hydrogen-bond acceptors (Lipinski definition) is 3. The molecule has 2 rings (SSSR count). The Morgan fingerprint density at radius 1 is 1.18 bits per heavy atom. The first-order valence-electron chi connectivity index (χ1n) is 6.52. The molecule has 0 amide bonds. The van der Waals surface area contributed by atoms with E-state index < -0.39 is 9.84 Å². The molecule has 0 aromatic heterocycles. The molecule has 0 bridgehead atoms. The minimum atomic E-state index is -2.85. The van der Waals surface area contributed by atoms with Crippen LogP contribution in [0.2, 0.25) is 0 Å². The molecule has 4 unspecified atom stereocenters. The van der Waals surface area contributed by atoms with Gasteiger partial charge in [0.1, 0.15) is 0 Å². The summed E-state index contributed by atoms with van der Waals surface area (Å²) in [6.45, 7) is 2.21. The zero-order valence-electron chi connectivity index (χ0n) is 10.3. The van der Waals surface area contributed by atoms with Crippen molar-refractivity contribution in [2.45, 2.75) is 55.2 Å². The van der Waals surface area contributed by atoms with E-state index in [1.807, 2.05) is 0 Å². The van der Waals surface area contributed by atoms with E-state index in [4.69, 9.17) is 4.74 Å². The summed E-state index contributed by atoms with van der Waals surface area (Å²) < 4.78 is 29.4. The highest BCUT2D eigenvalue weighted by Crippen LogP contribution is 2.33. The van der Waals surface area contributed by atoms with Crippen molar-refractivity contribution in [1.82, 2.24) is 0 Å². The van der Waals surface area contributed by atoms with Gasteiger partial charge < -0.3 is 4.74 Å². The van der Waals surface area contributed by atoms with Crippen LogP contribution in [0.3, 0.4) is 0 Å². The average Bonchev–Trinajstić information content (AvgIpc) is 2.52. The molecule has 2 fully saturated rings. The van der Waals surface area contributed by atoms with Gasteiger partial charge >= 0.3 is 0 Å². The van der Waals surface area contributed by atoms with Crippen LogP contribution in [-0.4, -0.2) is 36.1 Å². The second-order valence-electron chi connectivity index (χ2n) is 5.26. The highest BCUT2D eigenvalue weighted by molar-refractivity contribution is 14.1. The molecule has 1 aliphatic heterocycles. The fourth-order valence-electron chi connectivity index (χ4n) is 2.94. The number of rotatable bonds is 3. The predicted octanol–water partition coefficient (Wildman–Crippen LogP) is 2.57. The van der Waals surface area contributed by atoms with E-state index in [0.717, 1.165) is 12.8 Å². The lowest BCUT2D eigenvalue weighted by Crippen LogP contribution is -2.35. The molecule has 1 aliphatic carbocycles. The van der Waals surface area contributed by atoms with E-state index in [1.165, 1.54) is 19.3 Å². The van der Waals surface area contributed by atoms with Crippen LogP contribution < -0.4 is 0 Å². The van der Waals surface area contributed by atoms with E-state index in [0.29, 0.717) is 17.8 Å². The number of ether oxygens (including phenoxy) is 1. The molecule has 17 heavy (non-hydrogen) atoms. The molecule has 0 radical (unpaired) electrons. The van der Waals surface area contributed by atoms with Crippen molar-refractivity contribution in [3.8, 4) is 0 Å². The molecule has 1 saturated heterocycles. The Balaban J connectivity index is 1.96. The lowest BCUT2D eigenvalue weighted by molar-refractivity contribution is -0.0464. The van der Waals surface area contributed by atoms with Crippen LogP contribution in [0, 0.1) is 5.92 Å². The summed E-state index contributed by atoms with van der Waals surface area (Å²) >= 11 is 2.23. The van der Waals surface area contributed by atoms with Crippen LogP contribution in [-0.2, 0) is 14.6 Å². The van der Waals surface area contributed by atoms with Gasteiger partial charge in [0.05, 0.1) is 27.6 Å². The normalized spacial score (nSPS) is 41.5. The monoisotopic (exact) mass is 372 g/mol. The maximum Gasteiger partial charge on any atom is 0.154 e. The van der Waals surface area contributed by atoms with Gasteiger partial charge in [0.15, 0.2) is 9.84 Å². The summed E-state index contributed by atoms with van der Waals surface area (Å²) in [7, 11) is -2.85. The van der Waals surface area contributed by atoms with E-state index >= 15 is 0 Å². The molecule has 3 nitrogen and oxygen atoms in total. The molecule has 1 saturated carbocycles. The first kappa shape index (κ1) is 14.1. The molecule has 0 aromatic rings. The third-order valence-electron chi connectivity index (χ3n) is 3.95. The lowest BCUT2D eigenvalue weighted by atomic mass is 9.84. The van der Waals surface area contributed by atoms with Crippen LogP contribution >= 0.6 is 22.6 Å². The Bertz CT molecular complexity index is 355. The summed E-state index contributed by atoms with van der Waals surface area (Å²) in [5.74, 6) is 1.16. The number of halogens is 1. The first-order valence-corrected chi connectivity index (χ1v) is 9.58. The minimum Gasteiger partial charge on any atom is -0.373 e. The first-order chi connectivity index (χ1) is 8.02. The fraction of sp³-hybridized carbons (Fsp3) is 1.00. The highest BCUT2D eigenvalue weighted by Gasteiger charge is 2.39. The lowest BCUT2D eigenvalue weighted by Gasteiger charge is -2.33. The second-order valence-corrected chi connectivity index (χ2v) is 9.01. The third-order valence-corrected chi connectivity index (χ3v) is 7.49. The predicted molar refractivity (Wildman–Crippen MR) is 77.4 cm³/mol. The van der Waals surface area contributed by atoms with Crippen molar-refractivity contribution in [1.29, 1.82) is 0 Å². The molecular formula is C12H21IO3S. The molecule has 4 atom stereocenters. The molecule has 0 spiro atoms. The molecule has 5 heteroatoms. The van der Waals surface area contributed by atoms with E-state index in [9.17, 15) is 8.42 Å². The van der Waals surface area contributed by atoms with Gasteiger partial charge in [-0.05, 0) is 18.8 Å². The van der Waals surface area contributed by atoms with Crippen molar-refractivity contribution in [3.05, 3.63) is 0 Å². The summed E-state index contributed by atoms with van der Waals surface area (Å²) in [6, 6.07) is 0. The Morgan fingerprint density at radius 3 is 2.47 bits per heavy atom. The Labute approximate surface area is 118 Å². The van der Waals surface area contributed by atoms with Crippen molar-refractivity contribution >= 4 is 32.4 Å². The summed E-state index contributed by atoms with van der Waals surface area (Å²) in [5.41, 5.74) is 0. The Hall–Kier alpha value is 0.640. The molecule has 100 valence electrons. The summed E-state index contributed by atoms with van der Waals surface area (Å²) in [6.07, 6.45) is 6.25. The number of hydrogen-bond donors (Lipinski definition) is 0. The topological polar surface area (TPSA) is 43.4 Å². The summed E-state index contributed by atoms with van der Waals surface area (Å²) in [5, 5.41) is 0. The number of sulfone groups is 1. The fourth-order valence-corrected chi connectivity index (χ4v) is 7.00. The van der Waals surface area contributed by atoms with Crippen LogP contribution in [0.15, 0.2) is 0 Å². The van der Waals surface area contributed by atoms with Gasteiger partial charge in [-0.2, -0.15) is 0 Å². The third kappa shape index (κ3) is 3.56. The zero-order chi connectivity index (χ0) is 12.5. The SMILES string of the molecule is CCC1CCCCC1OC1CS(=O)(=O)CC1I. The van der Waals surface area contributed by atoms with Gasteiger partial charge in [-0.15, -0.1) is 0 Å². The van der Waals surface area contributed by atoms with Crippen molar-refractivity contribution in [2.75, 3.05) is 11.5 Å². The zero-order valence-corrected chi connectivity index (χ0v) is 13.2. The van der Waals surface area contributed by atoms with E-state index in [1.54, 1.807) is 0 Å². The van der Waals surface area contributed by atoms with Crippen molar-refractivity contribution in [2.24, 2.45) is 5.92 Å². The van der Waals surface area contributed by atoms with Gasteiger partial charge in [0.25, 0.3) is 0 Å². The quantitative estimate of drug-likeness (QED) is 0.565. The molecule has 2 aliphatic rings. The van der Waals surface area contributed by atoms with Gasteiger partial charge in [0.2, 0.25) is 0 Å². The average molecular weight is 372 g/mol. The van der Waals surface area contributed by atoms with E-state index in [2.05, 4.69) is 29.5 Å². The molecule has 1 heterocycles. The standard InChI is InChI=1S/C12H21IO3S/c1-2-9-5-3-4-6-11(9)16-12-8-17(14,15)7-10(12)13/h9-12H,2-8H2,1H3.